The molecule has 0 aliphatic carbocycles. The molecule has 150 valence electrons. The van der Waals surface area contributed by atoms with Crippen molar-refractivity contribution in [2.24, 2.45) is 0 Å². The third-order valence-corrected chi connectivity index (χ3v) is 4.53. The van der Waals surface area contributed by atoms with Crippen LogP contribution in [0.2, 0.25) is 0 Å². The molecule has 7 heteroatoms. The molecule has 0 aliphatic rings. The Morgan fingerprint density at radius 2 is 1.53 bits per heavy atom. The molecule has 0 bridgehead atoms. The Balaban J connectivity index is 1.40. The quantitative estimate of drug-likeness (QED) is 0.244. The van der Waals surface area contributed by atoms with Crippen molar-refractivity contribution in [1.29, 1.82) is 0 Å². The number of aryl methyl sites for hydroxylation is 1. The first-order valence-corrected chi connectivity index (χ1v) is 9.16. The van der Waals surface area contributed by atoms with Crippen LogP contribution in [0.1, 0.15) is 11.1 Å². The summed E-state index contributed by atoms with van der Waals surface area (Å²) in [6.07, 6.45) is 0. The summed E-state index contributed by atoms with van der Waals surface area (Å²) in [6, 6.07) is 20.1. The van der Waals surface area contributed by atoms with E-state index in [9.17, 15) is 14.9 Å². The van der Waals surface area contributed by atoms with Crippen LogP contribution in [0.15, 0.2) is 82.0 Å². The van der Waals surface area contributed by atoms with Crippen LogP contribution in [0, 0.1) is 17.0 Å². The van der Waals surface area contributed by atoms with Crippen molar-refractivity contribution in [2.75, 3.05) is 0 Å². The lowest BCUT2D eigenvalue weighted by atomic mass is 10.1. The van der Waals surface area contributed by atoms with Crippen LogP contribution < -0.4 is 15.1 Å². The maximum absolute atomic E-state index is 11.6. The zero-order valence-electron chi connectivity index (χ0n) is 16.0. The fourth-order valence-electron chi connectivity index (χ4n) is 2.99. The highest BCUT2D eigenvalue weighted by atomic mass is 16.6. The molecule has 0 fully saturated rings. The van der Waals surface area contributed by atoms with Crippen LogP contribution in [0.5, 0.6) is 17.2 Å². The van der Waals surface area contributed by atoms with Gasteiger partial charge in [-0.1, -0.05) is 12.1 Å². The normalized spacial score (nSPS) is 10.7. The van der Waals surface area contributed by atoms with E-state index in [1.807, 2.05) is 31.2 Å². The Morgan fingerprint density at radius 1 is 0.900 bits per heavy atom. The summed E-state index contributed by atoms with van der Waals surface area (Å²) in [7, 11) is 0. The molecule has 0 spiro atoms. The van der Waals surface area contributed by atoms with Crippen LogP contribution in [0.25, 0.3) is 11.0 Å². The van der Waals surface area contributed by atoms with E-state index in [1.54, 1.807) is 30.3 Å². The van der Waals surface area contributed by atoms with Crippen LogP contribution in [0.4, 0.5) is 5.69 Å². The van der Waals surface area contributed by atoms with E-state index in [0.29, 0.717) is 29.4 Å². The van der Waals surface area contributed by atoms with Crippen LogP contribution in [-0.2, 0) is 6.61 Å². The zero-order valence-corrected chi connectivity index (χ0v) is 16.0. The SMILES string of the molecule is Cc1cc(=O)oc2cc(OCc3ccc(Oc4ccc([N+](=O)[O-])cc4)cc3)ccc12. The molecule has 1 heterocycles. The van der Waals surface area contributed by atoms with E-state index < -0.39 is 4.92 Å². The maximum atomic E-state index is 11.6. The van der Waals surface area contributed by atoms with Gasteiger partial charge in [0.05, 0.1) is 4.92 Å². The fraction of sp³-hybridized carbons (Fsp3) is 0.0870. The van der Waals surface area contributed by atoms with Crippen LogP contribution >= 0.6 is 0 Å². The highest BCUT2D eigenvalue weighted by Gasteiger charge is 2.06. The minimum atomic E-state index is -0.455. The topological polar surface area (TPSA) is 91.8 Å². The molecule has 0 N–H and O–H groups in total. The summed E-state index contributed by atoms with van der Waals surface area (Å²) >= 11 is 0. The number of nitrogens with zero attached hydrogens (tertiary/aromatic N) is 1. The molecule has 0 saturated carbocycles. The number of non-ortho nitro benzene ring substituents is 1. The molecule has 0 amide bonds. The number of rotatable bonds is 6. The van der Waals surface area contributed by atoms with Crippen molar-refractivity contribution in [2.45, 2.75) is 13.5 Å². The number of fused-ring (bicyclic) bond motifs is 1. The van der Waals surface area contributed by atoms with Gasteiger partial charge in [-0.2, -0.15) is 0 Å². The molecule has 0 unspecified atom stereocenters. The van der Waals surface area contributed by atoms with E-state index in [4.69, 9.17) is 13.9 Å². The highest BCUT2D eigenvalue weighted by Crippen LogP contribution is 2.25. The lowest BCUT2D eigenvalue weighted by Crippen LogP contribution is -1.99. The largest absolute Gasteiger partial charge is 0.489 e. The van der Waals surface area contributed by atoms with Gasteiger partial charge < -0.3 is 13.9 Å². The molecule has 7 nitrogen and oxygen atoms in total. The molecule has 3 aromatic carbocycles. The van der Waals surface area contributed by atoms with E-state index in [2.05, 4.69) is 0 Å². The molecule has 1 aromatic heterocycles. The van der Waals surface area contributed by atoms with Crippen molar-refractivity contribution >= 4 is 16.7 Å². The number of hydrogen-bond donors (Lipinski definition) is 0. The van der Waals surface area contributed by atoms with Gasteiger partial charge >= 0.3 is 5.63 Å². The first-order valence-electron chi connectivity index (χ1n) is 9.16. The average molecular weight is 403 g/mol. The average Bonchev–Trinajstić information content (AvgIpc) is 2.73. The molecular formula is C23H17NO6. The number of nitro groups is 1. The predicted molar refractivity (Wildman–Crippen MR) is 111 cm³/mol. The van der Waals surface area contributed by atoms with Gasteiger partial charge in [0.2, 0.25) is 0 Å². The number of benzene rings is 3. The van der Waals surface area contributed by atoms with Gasteiger partial charge in [0.25, 0.3) is 5.69 Å². The standard InChI is InChI=1S/C23H17NO6/c1-15-12-23(25)30-22-13-20(10-11-21(15)22)28-14-16-2-6-18(7-3-16)29-19-8-4-17(5-9-19)24(26)27/h2-13H,14H2,1H3. The molecule has 0 atom stereocenters. The van der Waals surface area contributed by atoms with Crippen molar-refractivity contribution in [1.82, 2.24) is 0 Å². The van der Waals surface area contributed by atoms with Gasteiger partial charge in [0.15, 0.2) is 0 Å². The Labute approximate surface area is 171 Å². The van der Waals surface area contributed by atoms with Crippen molar-refractivity contribution in [3.63, 3.8) is 0 Å². The third-order valence-electron chi connectivity index (χ3n) is 4.53. The minimum Gasteiger partial charge on any atom is -0.489 e. The summed E-state index contributed by atoms with van der Waals surface area (Å²) in [4.78, 5) is 21.8. The number of nitro benzene ring substituents is 1. The molecule has 4 aromatic rings. The smallest absolute Gasteiger partial charge is 0.336 e. The minimum absolute atomic E-state index is 0.0120. The van der Waals surface area contributed by atoms with Gasteiger partial charge in [-0.25, -0.2) is 4.79 Å². The molecular weight excluding hydrogens is 386 g/mol. The summed E-state index contributed by atoms with van der Waals surface area (Å²) in [6.45, 7) is 2.19. The number of ether oxygens (including phenoxy) is 2. The molecule has 0 saturated heterocycles. The Hall–Kier alpha value is -4.13. The summed E-state index contributed by atoms with van der Waals surface area (Å²) < 4.78 is 16.7. The van der Waals surface area contributed by atoms with Gasteiger partial charge in [0.1, 0.15) is 29.4 Å². The van der Waals surface area contributed by atoms with Gasteiger partial charge in [-0.15, -0.1) is 0 Å². The molecule has 0 radical (unpaired) electrons. The Bertz CT molecular complexity index is 1260. The predicted octanol–water partition coefficient (Wildman–Crippen LogP) is 5.38. The van der Waals surface area contributed by atoms with Crippen molar-refractivity contribution < 1.29 is 18.8 Å². The lowest BCUT2D eigenvalue weighted by molar-refractivity contribution is -0.384. The first-order chi connectivity index (χ1) is 14.5. The molecule has 4 rings (SSSR count). The first kappa shape index (κ1) is 19.2. The van der Waals surface area contributed by atoms with E-state index in [1.165, 1.54) is 18.2 Å². The summed E-state index contributed by atoms with van der Waals surface area (Å²) in [5.74, 6) is 1.72. The third kappa shape index (κ3) is 4.30. The number of hydrogen-bond acceptors (Lipinski definition) is 6. The van der Waals surface area contributed by atoms with Gasteiger partial charge in [0, 0.05) is 29.7 Å². The van der Waals surface area contributed by atoms with Crippen molar-refractivity contribution in [3.8, 4) is 17.2 Å². The fourth-order valence-corrected chi connectivity index (χ4v) is 2.99. The maximum Gasteiger partial charge on any atom is 0.336 e. The molecule has 0 aliphatic heterocycles. The van der Waals surface area contributed by atoms with E-state index in [-0.39, 0.29) is 11.3 Å². The Kier molecular flexibility index (Phi) is 5.17. The lowest BCUT2D eigenvalue weighted by Gasteiger charge is -2.09. The van der Waals surface area contributed by atoms with E-state index >= 15 is 0 Å². The monoisotopic (exact) mass is 403 g/mol. The summed E-state index contributed by atoms with van der Waals surface area (Å²) in [5.41, 5.74) is 1.90. The van der Waals surface area contributed by atoms with Crippen molar-refractivity contribution in [3.05, 3.63) is 104 Å². The van der Waals surface area contributed by atoms with E-state index in [0.717, 1.165) is 16.5 Å². The van der Waals surface area contributed by atoms with Gasteiger partial charge in [-0.05, 0) is 54.4 Å². The zero-order chi connectivity index (χ0) is 21.1. The Morgan fingerprint density at radius 3 is 2.20 bits per heavy atom. The molecule has 30 heavy (non-hydrogen) atoms. The second-order valence-corrected chi connectivity index (χ2v) is 6.69. The second kappa shape index (κ2) is 8.08. The highest BCUT2D eigenvalue weighted by molar-refractivity contribution is 5.81. The van der Waals surface area contributed by atoms with Gasteiger partial charge in [-0.3, -0.25) is 10.1 Å². The van der Waals surface area contributed by atoms with Crippen LogP contribution in [0.3, 0.4) is 0 Å². The van der Waals surface area contributed by atoms with Crippen LogP contribution in [-0.4, -0.2) is 4.92 Å². The second-order valence-electron chi connectivity index (χ2n) is 6.69. The summed E-state index contributed by atoms with van der Waals surface area (Å²) in [5, 5.41) is 11.6.